The lowest BCUT2D eigenvalue weighted by molar-refractivity contribution is -0.177. The van der Waals surface area contributed by atoms with Crippen LogP contribution in [-0.2, 0) is 19.1 Å². The van der Waals surface area contributed by atoms with Crippen molar-refractivity contribution in [2.75, 3.05) is 27.4 Å². The average molecular weight is 248 g/mol. The van der Waals surface area contributed by atoms with Crippen LogP contribution >= 0.6 is 0 Å². The summed E-state index contributed by atoms with van der Waals surface area (Å²) in [5.41, 5.74) is -1.90. The van der Waals surface area contributed by atoms with Crippen molar-refractivity contribution in [3.8, 4) is 0 Å². The zero-order valence-electron chi connectivity index (χ0n) is 10.6. The zero-order chi connectivity index (χ0) is 13.6. The molecule has 6 heteroatoms. The molecule has 0 radical (unpaired) electrons. The summed E-state index contributed by atoms with van der Waals surface area (Å²) in [6.07, 6.45) is 0. The quantitative estimate of drug-likeness (QED) is 0.614. The summed E-state index contributed by atoms with van der Waals surface area (Å²) in [4.78, 5) is 22.8. The largest absolute Gasteiger partial charge is 0.480 e. The third-order valence-corrected chi connectivity index (χ3v) is 3.10. The van der Waals surface area contributed by atoms with Gasteiger partial charge in [-0.3, -0.25) is 9.59 Å². The van der Waals surface area contributed by atoms with E-state index in [9.17, 15) is 19.8 Å². The molecule has 0 saturated carbocycles. The molecule has 0 aromatic heterocycles. The smallest absolute Gasteiger partial charge is 0.321 e. The number of hydrogen-bond acceptors (Lipinski definition) is 4. The van der Waals surface area contributed by atoms with Gasteiger partial charge < -0.3 is 19.7 Å². The maximum Gasteiger partial charge on any atom is 0.321 e. The predicted molar refractivity (Wildman–Crippen MR) is 59.8 cm³/mol. The van der Waals surface area contributed by atoms with E-state index in [2.05, 4.69) is 0 Å². The van der Waals surface area contributed by atoms with E-state index in [1.54, 1.807) is 13.8 Å². The first kappa shape index (κ1) is 15.9. The van der Waals surface area contributed by atoms with Crippen molar-refractivity contribution >= 4 is 11.9 Å². The van der Waals surface area contributed by atoms with Gasteiger partial charge in [-0.1, -0.05) is 13.8 Å². The summed E-state index contributed by atoms with van der Waals surface area (Å²) < 4.78 is 9.74. The van der Waals surface area contributed by atoms with E-state index in [-0.39, 0.29) is 13.2 Å². The molecule has 0 aliphatic heterocycles. The van der Waals surface area contributed by atoms with E-state index < -0.39 is 29.2 Å². The standard InChI is InChI=1S/C11H20O6/c1-7(5-16-3)11(9(12)13,10(14)15)8(2)6-17-4/h7-8H,5-6H2,1-4H3,(H,12,13)(H,14,15). The van der Waals surface area contributed by atoms with Gasteiger partial charge in [0.05, 0.1) is 13.2 Å². The van der Waals surface area contributed by atoms with E-state index in [1.165, 1.54) is 14.2 Å². The first-order chi connectivity index (χ1) is 7.85. The minimum Gasteiger partial charge on any atom is -0.480 e. The highest BCUT2D eigenvalue weighted by molar-refractivity contribution is 5.99. The fraction of sp³-hybridized carbons (Fsp3) is 0.818. The van der Waals surface area contributed by atoms with Crippen molar-refractivity contribution in [1.29, 1.82) is 0 Å². The molecule has 0 rings (SSSR count). The highest BCUT2D eigenvalue weighted by atomic mass is 16.5. The van der Waals surface area contributed by atoms with Crippen LogP contribution in [0.2, 0.25) is 0 Å². The van der Waals surface area contributed by atoms with Gasteiger partial charge in [0.2, 0.25) is 0 Å². The topological polar surface area (TPSA) is 93.1 Å². The van der Waals surface area contributed by atoms with E-state index in [1.807, 2.05) is 0 Å². The summed E-state index contributed by atoms with van der Waals surface area (Å²) in [6, 6.07) is 0. The van der Waals surface area contributed by atoms with Crippen LogP contribution in [0.3, 0.4) is 0 Å². The molecule has 0 aliphatic rings. The second-order valence-electron chi connectivity index (χ2n) is 4.19. The van der Waals surface area contributed by atoms with E-state index in [4.69, 9.17) is 9.47 Å². The van der Waals surface area contributed by atoms with Crippen LogP contribution in [-0.4, -0.2) is 49.6 Å². The van der Waals surface area contributed by atoms with Crippen LogP contribution in [0.25, 0.3) is 0 Å². The summed E-state index contributed by atoms with van der Waals surface area (Å²) in [7, 11) is 2.82. The van der Waals surface area contributed by atoms with Crippen LogP contribution in [0.15, 0.2) is 0 Å². The van der Waals surface area contributed by atoms with Gasteiger partial charge in [-0.2, -0.15) is 0 Å². The van der Waals surface area contributed by atoms with Crippen LogP contribution in [0.4, 0.5) is 0 Å². The van der Waals surface area contributed by atoms with Crippen LogP contribution in [0.5, 0.6) is 0 Å². The van der Waals surface area contributed by atoms with Crippen molar-refractivity contribution in [3.63, 3.8) is 0 Å². The minimum atomic E-state index is -1.90. The van der Waals surface area contributed by atoms with Gasteiger partial charge in [-0.15, -0.1) is 0 Å². The molecule has 100 valence electrons. The molecule has 0 saturated heterocycles. The van der Waals surface area contributed by atoms with Gasteiger partial charge in [0.15, 0.2) is 5.41 Å². The number of carboxylic acid groups (broad SMARTS) is 2. The first-order valence-electron chi connectivity index (χ1n) is 5.30. The third kappa shape index (κ3) is 2.95. The molecule has 0 heterocycles. The van der Waals surface area contributed by atoms with E-state index in [0.29, 0.717) is 0 Å². The Morgan fingerprint density at radius 1 is 1.00 bits per heavy atom. The predicted octanol–water partition coefficient (Wildman–Crippen LogP) is 0.707. The molecule has 6 nitrogen and oxygen atoms in total. The summed E-state index contributed by atoms with van der Waals surface area (Å²) >= 11 is 0. The van der Waals surface area contributed by atoms with Crippen LogP contribution in [0, 0.1) is 17.3 Å². The minimum absolute atomic E-state index is 0.0622. The molecule has 2 unspecified atom stereocenters. The maximum absolute atomic E-state index is 11.4. The molecule has 0 aromatic carbocycles. The number of methoxy groups -OCH3 is 2. The number of rotatable bonds is 8. The van der Waals surface area contributed by atoms with Crippen LogP contribution < -0.4 is 0 Å². The normalized spacial score (nSPS) is 15.3. The summed E-state index contributed by atoms with van der Waals surface area (Å²) in [5, 5.41) is 18.6. The van der Waals surface area contributed by atoms with E-state index in [0.717, 1.165) is 0 Å². The Labute approximate surface area is 101 Å². The molecule has 0 aromatic rings. The fourth-order valence-electron chi connectivity index (χ4n) is 2.18. The van der Waals surface area contributed by atoms with Crippen molar-refractivity contribution in [3.05, 3.63) is 0 Å². The van der Waals surface area contributed by atoms with E-state index >= 15 is 0 Å². The van der Waals surface area contributed by atoms with Crippen LogP contribution in [0.1, 0.15) is 13.8 Å². The van der Waals surface area contributed by atoms with Gasteiger partial charge in [0.25, 0.3) is 0 Å². The Bertz CT molecular complexity index is 247. The second kappa shape index (κ2) is 6.56. The number of aliphatic carboxylic acids is 2. The Morgan fingerprint density at radius 3 is 1.47 bits per heavy atom. The highest BCUT2D eigenvalue weighted by Gasteiger charge is 2.55. The monoisotopic (exact) mass is 248 g/mol. The molecule has 2 atom stereocenters. The SMILES string of the molecule is COCC(C)C(C(=O)O)(C(=O)O)C(C)COC. The van der Waals surface area contributed by atoms with Gasteiger partial charge >= 0.3 is 11.9 Å². The fourth-order valence-corrected chi connectivity index (χ4v) is 2.18. The third-order valence-electron chi connectivity index (χ3n) is 3.10. The van der Waals surface area contributed by atoms with Gasteiger partial charge in [-0.25, -0.2) is 0 Å². The molecular weight excluding hydrogens is 228 g/mol. The average Bonchev–Trinajstić information content (AvgIpc) is 2.17. The number of carbonyl (C=O) groups is 2. The molecular formula is C11H20O6. The molecule has 2 N–H and O–H groups in total. The number of ether oxygens (including phenoxy) is 2. The summed E-state index contributed by atoms with van der Waals surface area (Å²) in [6.45, 7) is 3.23. The van der Waals surface area contributed by atoms with Crippen molar-refractivity contribution in [2.24, 2.45) is 17.3 Å². The lowest BCUT2D eigenvalue weighted by atomic mass is 9.68. The van der Waals surface area contributed by atoms with Gasteiger partial charge in [-0.05, 0) is 0 Å². The first-order valence-corrected chi connectivity index (χ1v) is 5.30. The molecule has 0 spiro atoms. The van der Waals surface area contributed by atoms with Crippen molar-refractivity contribution < 1.29 is 29.3 Å². The molecule has 0 amide bonds. The lowest BCUT2D eigenvalue weighted by Gasteiger charge is -2.35. The lowest BCUT2D eigenvalue weighted by Crippen LogP contribution is -2.52. The van der Waals surface area contributed by atoms with Crippen molar-refractivity contribution in [1.82, 2.24) is 0 Å². The van der Waals surface area contributed by atoms with Gasteiger partial charge in [0.1, 0.15) is 0 Å². The molecule has 0 fully saturated rings. The Hall–Kier alpha value is -1.14. The Balaban J connectivity index is 5.42. The molecule has 0 bridgehead atoms. The molecule has 17 heavy (non-hydrogen) atoms. The Morgan fingerprint density at radius 2 is 1.29 bits per heavy atom. The van der Waals surface area contributed by atoms with Crippen molar-refractivity contribution in [2.45, 2.75) is 13.8 Å². The van der Waals surface area contributed by atoms with Gasteiger partial charge in [0, 0.05) is 26.1 Å². The number of hydrogen-bond donors (Lipinski definition) is 2. The molecule has 0 aliphatic carbocycles. The maximum atomic E-state index is 11.4. The summed E-state index contributed by atoms with van der Waals surface area (Å²) in [5.74, 6) is -4.04. The number of carboxylic acids is 2. The zero-order valence-corrected chi connectivity index (χ0v) is 10.6. The second-order valence-corrected chi connectivity index (χ2v) is 4.19. The Kier molecular flexibility index (Phi) is 6.12. The highest BCUT2D eigenvalue weighted by Crippen LogP contribution is 2.37.